The predicted octanol–water partition coefficient (Wildman–Crippen LogP) is 1.39. The van der Waals surface area contributed by atoms with Gasteiger partial charge in [0.05, 0.1) is 11.0 Å². The van der Waals surface area contributed by atoms with Gasteiger partial charge >= 0.3 is 0 Å². The molecule has 6 heteroatoms. The van der Waals surface area contributed by atoms with Gasteiger partial charge in [-0.1, -0.05) is 30.3 Å². The minimum atomic E-state index is -3.23. The Hall–Kier alpha value is -2.39. The van der Waals surface area contributed by atoms with Crippen LogP contribution in [-0.2, 0) is 15.9 Å². The number of hydrogen-bond acceptors (Lipinski definition) is 3. The quantitative estimate of drug-likeness (QED) is 0.690. The molecule has 1 amide bonds. The molecule has 1 aliphatic rings. The summed E-state index contributed by atoms with van der Waals surface area (Å²) in [4.78, 5) is 16.5. The number of nitrogens with zero attached hydrogens (tertiary/aromatic N) is 2. The maximum absolute atomic E-state index is 13.4. The molecule has 1 aliphatic heterocycles. The number of para-hydroxylation sites is 2. The smallest absolute Gasteiger partial charge is 0.263 e. The number of imidazole rings is 1. The van der Waals surface area contributed by atoms with E-state index in [9.17, 15) is 9.36 Å². The summed E-state index contributed by atoms with van der Waals surface area (Å²) in [5, 5.41) is 3.25. The van der Waals surface area contributed by atoms with Gasteiger partial charge < -0.3 is 4.57 Å². The number of aromatic nitrogens is 2. The maximum Gasteiger partial charge on any atom is 0.263 e. The third-order valence-electron chi connectivity index (χ3n) is 3.62. The van der Waals surface area contributed by atoms with Crippen molar-refractivity contribution in [1.82, 2.24) is 14.6 Å². The van der Waals surface area contributed by atoms with Crippen molar-refractivity contribution in [2.24, 2.45) is 0 Å². The fraction of sp³-hybridized carbons (Fsp3) is 0.0667. The Morgan fingerprint density at radius 3 is 2.57 bits per heavy atom. The fourth-order valence-corrected chi connectivity index (χ4v) is 4.92. The molecule has 0 fully saturated rings. The van der Waals surface area contributed by atoms with E-state index in [4.69, 9.17) is 0 Å². The minimum Gasteiger partial charge on any atom is -0.310 e. The number of hydrogen-bond donors (Lipinski definition) is 1. The van der Waals surface area contributed by atoms with Crippen molar-refractivity contribution in [3.05, 3.63) is 54.6 Å². The molecule has 2 aromatic carbocycles. The number of nitrogens with one attached hydrogen (secondary N) is 1. The lowest BCUT2D eigenvalue weighted by atomic mass is 10.3. The molecule has 1 aromatic heterocycles. The lowest BCUT2D eigenvalue weighted by Gasteiger charge is -2.25. The van der Waals surface area contributed by atoms with E-state index in [0.717, 1.165) is 11.0 Å². The molecular formula is C15H12N3O2P. The second-order valence-corrected chi connectivity index (χ2v) is 7.33. The van der Waals surface area contributed by atoms with Crippen molar-refractivity contribution in [2.75, 3.05) is 0 Å². The van der Waals surface area contributed by atoms with Crippen LogP contribution in [0.15, 0.2) is 54.6 Å². The average Bonchev–Trinajstić information content (AvgIpc) is 2.88. The van der Waals surface area contributed by atoms with E-state index in [1.165, 1.54) is 0 Å². The number of rotatable bonds is 1. The highest BCUT2D eigenvalue weighted by Gasteiger charge is 2.39. The number of benzene rings is 2. The lowest BCUT2D eigenvalue weighted by molar-refractivity contribution is -0.120. The van der Waals surface area contributed by atoms with Gasteiger partial charge in [-0.3, -0.25) is 14.4 Å². The van der Waals surface area contributed by atoms with E-state index in [2.05, 4.69) is 10.1 Å². The molecule has 0 aliphatic carbocycles. The first kappa shape index (κ1) is 12.4. The fourth-order valence-electron chi connectivity index (χ4n) is 2.68. The highest BCUT2D eigenvalue weighted by atomic mass is 31.2. The summed E-state index contributed by atoms with van der Waals surface area (Å²) in [6, 6.07) is 16.5. The Morgan fingerprint density at radius 1 is 1.05 bits per heavy atom. The van der Waals surface area contributed by atoms with Crippen molar-refractivity contribution in [3.63, 3.8) is 0 Å². The molecular weight excluding hydrogens is 285 g/mol. The third-order valence-corrected chi connectivity index (χ3v) is 6.11. The van der Waals surface area contributed by atoms with Crippen LogP contribution in [-0.4, -0.2) is 15.5 Å². The van der Waals surface area contributed by atoms with Gasteiger partial charge in [-0.05, 0) is 24.3 Å². The van der Waals surface area contributed by atoms with E-state index in [1.54, 1.807) is 16.7 Å². The molecule has 0 saturated carbocycles. The van der Waals surface area contributed by atoms with Gasteiger partial charge in [0.2, 0.25) is 5.91 Å². The van der Waals surface area contributed by atoms with E-state index >= 15 is 0 Å². The molecule has 2 heterocycles. The second-order valence-electron chi connectivity index (χ2n) is 4.97. The maximum atomic E-state index is 13.4. The molecule has 1 unspecified atom stereocenters. The van der Waals surface area contributed by atoms with Crippen molar-refractivity contribution in [1.29, 1.82) is 0 Å². The predicted molar refractivity (Wildman–Crippen MR) is 81.2 cm³/mol. The zero-order valence-electron chi connectivity index (χ0n) is 11.1. The van der Waals surface area contributed by atoms with Crippen LogP contribution in [0.3, 0.4) is 0 Å². The summed E-state index contributed by atoms with van der Waals surface area (Å²) in [7, 11) is -3.23. The zero-order valence-corrected chi connectivity index (χ0v) is 12.0. The highest BCUT2D eigenvalue weighted by molar-refractivity contribution is 7.77. The Kier molecular flexibility index (Phi) is 2.53. The van der Waals surface area contributed by atoms with Crippen molar-refractivity contribution >= 4 is 35.1 Å². The summed E-state index contributed by atoms with van der Waals surface area (Å²) in [5.41, 5.74) is 2.02. The van der Waals surface area contributed by atoms with E-state index in [-0.39, 0.29) is 12.5 Å². The Bertz CT molecular complexity index is 902. The van der Waals surface area contributed by atoms with Gasteiger partial charge in [0.25, 0.3) is 7.29 Å². The van der Waals surface area contributed by atoms with Crippen LogP contribution in [0.4, 0.5) is 0 Å². The Balaban J connectivity index is 2.05. The van der Waals surface area contributed by atoms with Crippen LogP contribution in [0, 0.1) is 0 Å². The highest BCUT2D eigenvalue weighted by Crippen LogP contribution is 2.41. The molecule has 0 spiro atoms. The first-order valence-corrected chi connectivity index (χ1v) is 8.32. The third kappa shape index (κ3) is 1.74. The van der Waals surface area contributed by atoms with Crippen LogP contribution in [0.5, 0.6) is 0 Å². The molecule has 4 rings (SSSR count). The molecule has 0 saturated heterocycles. The first-order chi connectivity index (χ1) is 10.2. The lowest BCUT2D eigenvalue weighted by Crippen LogP contribution is -2.44. The molecule has 0 radical (unpaired) electrons. The summed E-state index contributed by atoms with van der Waals surface area (Å²) >= 11 is 0. The minimum absolute atomic E-state index is 0.146. The molecule has 1 atom stereocenters. The normalized spacial score (nSPS) is 21.0. The molecule has 0 bridgehead atoms. The standard InChI is InChI=1S/C15H12N3O2P/c19-14-10-18-13-9-5-4-8-12(13)16-15(18)21(20,17-14)11-6-2-1-3-7-11/h1-9H,10H2,(H,17,19,20). The van der Waals surface area contributed by atoms with Crippen molar-refractivity contribution in [2.45, 2.75) is 6.54 Å². The zero-order chi connectivity index (χ0) is 14.4. The summed E-state index contributed by atoms with van der Waals surface area (Å²) in [5.74, 6) is -0.252. The van der Waals surface area contributed by atoms with Crippen molar-refractivity contribution < 1.29 is 9.36 Å². The van der Waals surface area contributed by atoms with Crippen molar-refractivity contribution in [3.8, 4) is 0 Å². The van der Waals surface area contributed by atoms with Gasteiger partial charge in [-0.15, -0.1) is 0 Å². The van der Waals surface area contributed by atoms with E-state index < -0.39 is 7.29 Å². The number of carbonyl (C=O) groups excluding carboxylic acids is 1. The number of amides is 1. The van der Waals surface area contributed by atoms with Gasteiger partial charge in [0.15, 0.2) is 5.57 Å². The molecule has 1 N–H and O–H groups in total. The van der Waals surface area contributed by atoms with E-state index in [1.807, 2.05) is 42.5 Å². The molecule has 21 heavy (non-hydrogen) atoms. The molecule has 104 valence electrons. The Labute approximate surface area is 121 Å². The van der Waals surface area contributed by atoms with Gasteiger partial charge in [0, 0.05) is 5.30 Å². The number of carbonyl (C=O) groups is 1. The monoisotopic (exact) mass is 297 g/mol. The van der Waals surface area contributed by atoms with Gasteiger partial charge in [0.1, 0.15) is 6.54 Å². The molecule has 3 aromatic rings. The Morgan fingerprint density at radius 2 is 1.76 bits per heavy atom. The van der Waals surface area contributed by atoms with Crippen LogP contribution in [0.2, 0.25) is 0 Å². The topological polar surface area (TPSA) is 64.0 Å². The average molecular weight is 297 g/mol. The van der Waals surface area contributed by atoms with Crippen LogP contribution in [0.25, 0.3) is 11.0 Å². The van der Waals surface area contributed by atoms with Crippen LogP contribution in [0.1, 0.15) is 0 Å². The summed E-state index contributed by atoms with van der Waals surface area (Å²) in [6.45, 7) is 0.146. The SMILES string of the molecule is O=C1Cn2c(nc3ccccc32)P(=O)(c2ccccc2)N1. The van der Waals surface area contributed by atoms with E-state index in [0.29, 0.717) is 10.9 Å². The van der Waals surface area contributed by atoms with Crippen LogP contribution >= 0.6 is 7.29 Å². The van der Waals surface area contributed by atoms with Gasteiger partial charge in [-0.25, -0.2) is 4.98 Å². The second kappa shape index (κ2) is 4.30. The van der Waals surface area contributed by atoms with Crippen LogP contribution < -0.4 is 16.0 Å². The molecule has 5 nitrogen and oxygen atoms in total. The first-order valence-electron chi connectivity index (χ1n) is 6.61. The number of fused-ring (bicyclic) bond motifs is 3. The largest absolute Gasteiger partial charge is 0.310 e. The summed E-state index contributed by atoms with van der Waals surface area (Å²) < 4.78 is 15.2. The van der Waals surface area contributed by atoms with Gasteiger partial charge in [-0.2, -0.15) is 0 Å². The summed E-state index contributed by atoms with van der Waals surface area (Å²) in [6.07, 6.45) is 0.